The highest BCUT2D eigenvalue weighted by Crippen LogP contribution is 2.10. The summed E-state index contributed by atoms with van der Waals surface area (Å²) in [7, 11) is 0. The second-order valence-electron chi connectivity index (χ2n) is 3.93. The Hall–Kier alpha value is -2.10. The Morgan fingerprint density at radius 2 is 2.06 bits per heavy atom. The minimum absolute atomic E-state index is 0.338. The van der Waals surface area contributed by atoms with E-state index in [1.807, 2.05) is 30.3 Å². The van der Waals surface area contributed by atoms with Crippen LogP contribution in [-0.4, -0.2) is 15.7 Å². The number of aliphatic carboxylic acids is 1. The third kappa shape index (κ3) is 3.17. The van der Waals surface area contributed by atoms with Crippen molar-refractivity contribution in [2.45, 2.75) is 13.0 Å². The van der Waals surface area contributed by atoms with Gasteiger partial charge >= 0.3 is 0 Å². The van der Waals surface area contributed by atoms with E-state index in [4.69, 9.17) is 0 Å². The molecule has 2 aromatic rings. The second kappa shape index (κ2) is 5.30. The van der Waals surface area contributed by atoms with Crippen LogP contribution in [0.25, 0.3) is 0 Å². The van der Waals surface area contributed by atoms with Gasteiger partial charge in [-0.25, -0.2) is 0 Å². The summed E-state index contributed by atoms with van der Waals surface area (Å²) in [5, 5.41) is 15.1. The van der Waals surface area contributed by atoms with E-state index in [1.165, 1.54) is 0 Å². The zero-order valence-corrected chi connectivity index (χ0v) is 9.32. The predicted octanol–water partition coefficient (Wildman–Crippen LogP) is 0.492. The minimum Gasteiger partial charge on any atom is -0.550 e. The third-order valence-electron chi connectivity index (χ3n) is 2.62. The molecule has 17 heavy (non-hydrogen) atoms. The van der Waals surface area contributed by atoms with Gasteiger partial charge in [0.2, 0.25) is 0 Å². The summed E-state index contributed by atoms with van der Waals surface area (Å²) < 4.78 is 1.61. The lowest BCUT2D eigenvalue weighted by Crippen LogP contribution is -2.35. The molecule has 4 heteroatoms. The van der Waals surface area contributed by atoms with Crippen LogP contribution in [0.2, 0.25) is 0 Å². The second-order valence-corrected chi connectivity index (χ2v) is 3.93. The van der Waals surface area contributed by atoms with Crippen molar-refractivity contribution in [3.8, 4) is 0 Å². The quantitative estimate of drug-likeness (QED) is 0.749. The van der Waals surface area contributed by atoms with E-state index in [9.17, 15) is 9.90 Å². The molecule has 0 aliphatic rings. The van der Waals surface area contributed by atoms with Gasteiger partial charge in [0.1, 0.15) is 0 Å². The van der Waals surface area contributed by atoms with Crippen LogP contribution < -0.4 is 5.11 Å². The van der Waals surface area contributed by atoms with Crippen molar-refractivity contribution in [2.75, 3.05) is 0 Å². The van der Waals surface area contributed by atoms with Gasteiger partial charge in [-0.05, 0) is 18.1 Å². The van der Waals surface area contributed by atoms with Crippen LogP contribution in [-0.2, 0) is 17.8 Å². The van der Waals surface area contributed by atoms with Crippen LogP contribution in [0.3, 0.4) is 0 Å². The van der Waals surface area contributed by atoms with Crippen molar-refractivity contribution >= 4 is 5.97 Å². The average Bonchev–Trinajstić information content (AvgIpc) is 2.82. The van der Waals surface area contributed by atoms with Crippen molar-refractivity contribution < 1.29 is 9.90 Å². The van der Waals surface area contributed by atoms with E-state index in [2.05, 4.69) is 5.10 Å². The van der Waals surface area contributed by atoms with E-state index in [0.717, 1.165) is 5.56 Å². The number of carboxylic acids is 1. The monoisotopic (exact) mass is 229 g/mol. The highest BCUT2D eigenvalue weighted by molar-refractivity contribution is 5.68. The zero-order chi connectivity index (χ0) is 12.1. The molecule has 0 aliphatic carbocycles. The van der Waals surface area contributed by atoms with Crippen molar-refractivity contribution in [1.82, 2.24) is 9.78 Å². The molecule has 1 aromatic heterocycles. The van der Waals surface area contributed by atoms with Gasteiger partial charge in [-0.2, -0.15) is 5.10 Å². The molecule has 0 bridgehead atoms. The van der Waals surface area contributed by atoms with E-state index < -0.39 is 11.9 Å². The molecule has 0 spiro atoms. The molecule has 0 fully saturated rings. The van der Waals surface area contributed by atoms with Crippen LogP contribution in [0, 0.1) is 5.92 Å². The minimum atomic E-state index is -1.04. The molecule has 1 atom stereocenters. The number of hydrogen-bond acceptors (Lipinski definition) is 3. The fourth-order valence-corrected chi connectivity index (χ4v) is 1.76. The van der Waals surface area contributed by atoms with Crippen molar-refractivity contribution in [3.05, 3.63) is 54.4 Å². The largest absolute Gasteiger partial charge is 0.550 e. The Kier molecular flexibility index (Phi) is 3.55. The number of aromatic nitrogens is 2. The zero-order valence-electron chi connectivity index (χ0n) is 9.32. The normalized spacial score (nSPS) is 12.2. The summed E-state index contributed by atoms with van der Waals surface area (Å²) in [6.45, 7) is 0.338. The maximum atomic E-state index is 11.1. The fourth-order valence-electron chi connectivity index (χ4n) is 1.76. The molecule has 0 saturated heterocycles. The van der Waals surface area contributed by atoms with Gasteiger partial charge in [0.15, 0.2) is 0 Å². The van der Waals surface area contributed by atoms with Crippen LogP contribution >= 0.6 is 0 Å². The van der Waals surface area contributed by atoms with Gasteiger partial charge in [0, 0.05) is 30.8 Å². The predicted molar refractivity (Wildman–Crippen MR) is 60.9 cm³/mol. The number of carboxylic acid groups (broad SMARTS) is 1. The Balaban J connectivity index is 2.06. The molecule has 0 amide bonds. The van der Waals surface area contributed by atoms with Crippen LogP contribution in [0.4, 0.5) is 0 Å². The molecule has 0 aliphatic heterocycles. The number of hydrogen-bond donors (Lipinski definition) is 0. The van der Waals surface area contributed by atoms with Crippen molar-refractivity contribution in [3.63, 3.8) is 0 Å². The number of nitrogens with zero attached hydrogens (tertiary/aromatic N) is 2. The fraction of sp³-hybridized carbons (Fsp3) is 0.231. The molecule has 1 unspecified atom stereocenters. The molecule has 2 rings (SSSR count). The van der Waals surface area contributed by atoms with Gasteiger partial charge in [-0.1, -0.05) is 30.3 Å². The molecular weight excluding hydrogens is 216 g/mol. The SMILES string of the molecule is O=C([O-])C(Cc1ccccc1)Cn1cccn1. The first-order valence-corrected chi connectivity index (χ1v) is 5.48. The first-order valence-electron chi connectivity index (χ1n) is 5.48. The number of carbonyl (C=O) groups is 1. The molecular formula is C13H13N2O2-. The standard InChI is InChI=1S/C13H14N2O2/c16-13(17)12(10-15-8-4-7-14-15)9-11-5-2-1-3-6-11/h1-8,12H,9-10H2,(H,16,17)/p-1. The summed E-state index contributed by atoms with van der Waals surface area (Å²) in [5.74, 6) is -1.60. The van der Waals surface area contributed by atoms with Crippen molar-refractivity contribution in [2.24, 2.45) is 5.92 Å². The first-order chi connectivity index (χ1) is 8.25. The molecule has 0 saturated carbocycles. The smallest absolute Gasteiger partial charge is 0.0492 e. The lowest BCUT2D eigenvalue weighted by molar-refractivity contribution is -0.312. The number of rotatable bonds is 5. The molecule has 0 N–H and O–H groups in total. The summed E-state index contributed by atoms with van der Waals surface area (Å²) in [5.41, 5.74) is 0.994. The maximum absolute atomic E-state index is 11.1. The van der Waals surface area contributed by atoms with Gasteiger partial charge in [0.05, 0.1) is 0 Å². The molecule has 1 aromatic carbocycles. The average molecular weight is 229 g/mol. The highest BCUT2D eigenvalue weighted by atomic mass is 16.4. The Morgan fingerprint density at radius 1 is 1.29 bits per heavy atom. The van der Waals surface area contributed by atoms with Gasteiger partial charge in [-0.15, -0.1) is 0 Å². The summed E-state index contributed by atoms with van der Waals surface area (Å²) in [6.07, 6.45) is 3.85. The first kappa shape index (κ1) is 11.4. The number of carbonyl (C=O) groups excluding carboxylic acids is 1. The lowest BCUT2D eigenvalue weighted by Gasteiger charge is -2.18. The van der Waals surface area contributed by atoms with E-state index in [1.54, 1.807) is 23.1 Å². The Labute approximate surface area is 99.5 Å². The molecule has 4 nitrogen and oxygen atoms in total. The van der Waals surface area contributed by atoms with Gasteiger partial charge in [-0.3, -0.25) is 4.68 Å². The summed E-state index contributed by atoms with van der Waals surface area (Å²) >= 11 is 0. The molecule has 0 radical (unpaired) electrons. The number of benzene rings is 1. The maximum Gasteiger partial charge on any atom is 0.0492 e. The molecule has 88 valence electrons. The van der Waals surface area contributed by atoms with Crippen LogP contribution in [0.15, 0.2) is 48.8 Å². The van der Waals surface area contributed by atoms with Crippen LogP contribution in [0.1, 0.15) is 5.56 Å². The summed E-state index contributed by atoms with van der Waals surface area (Å²) in [4.78, 5) is 11.1. The van der Waals surface area contributed by atoms with Gasteiger partial charge in [0.25, 0.3) is 0 Å². The Bertz CT molecular complexity index is 465. The van der Waals surface area contributed by atoms with E-state index in [-0.39, 0.29) is 0 Å². The van der Waals surface area contributed by atoms with Crippen LogP contribution in [0.5, 0.6) is 0 Å². The van der Waals surface area contributed by atoms with E-state index >= 15 is 0 Å². The van der Waals surface area contributed by atoms with E-state index in [0.29, 0.717) is 13.0 Å². The molecule has 1 heterocycles. The van der Waals surface area contributed by atoms with Crippen molar-refractivity contribution in [1.29, 1.82) is 0 Å². The highest BCUT2D eigenvalue weighted by Gasteiger charge is 2.11. The topological polar surface area (TPSA) is 57.9 Å². The Morgan fingerprint density at radius 3 is 2.65 bits per heavy atom. The summed E-state index contributed by atoms with van der Waals surface area (Å²) in [6, 6.07) is 11.3. The lowest BCUT2D eigenvalue weighted by atomic mass is 9.99. The third-order valence-corrected chi connectivity index (χ3v) is 2.62. The van der Waals surface area contributed by atoms with Gasteiger partial charge < -0.3 is 9.90 Å².